The van der Waals surface area contributed by atoms with E-state index in [1.165, 1.54) is 11.3 Å². The molecule has 1 aromatic heterocycles. The highest BCUT2D eigenvalue weighted by Crippen LogP contribution is 2.28. The number of nitrogens with zero attached hydrogens (tertiary/aromatic N) is 3. The van der Waals surface area contributed by atoms with Gasteiger partial charge in [-0.05, 0) is 31.0 Å². The number of hydrogen-bond acceptors (Lipinski definition) is 7. The number of piperidine rings is 1. The van der Waals surface area contributed by atoms with E-state index in [9.17, 15) is 4.79 Å². The molecular weight excluding hydrogens is 392 g/mol. The molecule has 1 amide bonds. The van der Waals surface area contributed by atoms with Crippen LogP contribution in [0.1, 0.15) is 12.8 Å². The molecule has 1 aliphatic rings. The lowest BCUT2D eigenvalue weighted by molar-refractivity contribution is -0.120. The monoisotopic (exact) mass is 412 g/mol. The number of nitrogens with one attached hydrogen (secondary N) is 1. The fourth-order valence-corrected chi connectivity index (χ4v) is 4.72. The molecule has 6 nitrogen and oxygen atoms in total. The summed E-state index contributed by atoms with van der Waals surface area (Å²) in [7, 11) is 1.67. The third-order valence-electron chi connectivity index (χ3n) is 4.19. The molecule has 0 radical (unpaired) electrons. The van der Waals surface area contributed by atoms with Gasteiger partial charge in [0.1, 0.15) is 0 Å². The number of benzene rings is 1. The van der Waals surface area contributed by atoms with Crippen LogP contribution >= 0.6 is 34.7 Å². The van der Waals surface area contributed by atoms with E-state index in [0.29, 0.717) is 11.7 Å². The predicted octanol–water partition coefficient (Wildman–Crippen LogP) is 3.79. The summed E-state index contributed by atoms with van der Waals surface area (Å²) < 4.78 is 5.86. The molecule has 140 valence electrons. The lowest BCUT2D eigenvalue weighted by atomic mass is 9.95. The fourth-order valence-electron chi connectivity index (χ4n) is 2.81. The maximum atomic E-state index is 12.5. The molecule has 1 fully saturated rings. The van der Waals surface area contributed by atoms with Crippen LogP contribution in [-0.2, 0) is 9.53 Å². The van der Waals surface area contributed by atoms with Gasteiger partial charge in [-0.2, -0.15) is 0 Å². The normalized spacial score (nSPS) is 15.2. The zero-order chi connectivity index (χ0) is 18.4. The second-order valence-corrected chi connectivity index (χ2v) is 8.70. The molecule has 3 rings (SSSR count). The van der Waals surface area contributed by atoms with Gasteiger partial charge >= 0.3 is 0 Å². The van der Waals surface area contributed by atoms with Crippen molar-refractivity contribution in [3.63, 3.8) is 0 Å². The quantitative estimate of drug-likeness (QED) is 0.424. The maximum absolute atomic E-state index is 12.5. The highest BCUT2D eigenvalue weighted by molar-refractivity contribution is 8.01. The molecular formula is C17H21ClN4O2S2. The average molecular weight is 413 g/mol. The third kappa shape index (κ3) is 5.33. The molecule has 1 saturated heterocycles. The second-order valence-electron chi connectivity index (χ2n) is 5.94. The molecule has 1 aromatic carbocycles. The Labute approximate surface area is 166 Å². The van der Waals surface area contributed by atoms with Crippen LogP contribution in [-0.4, -0.2) is 48.7 Å². The van der Waals surface area contributed by atoms with Crippen molar-refractivity contribution >= 4 is 51.4 Å². The van der Waals surface area contributed by atoms with Crippen molar-refractivity contribution in [2.24, 2.45) is 5.92 Å². The zero-order valence-electron chi connectivity index (χ0n) is 14.5. The SMILES string of the molecule is COCCSc1nnc(NC(=O)C2CCN(c3cccc(Cl)c3)CC2)s1. The smallest absolute Gasteiger partial charge is 0.229 e. The number of thioether (sulfide) groups is 1. The molecule has 0 unspecified atom stereocenters. The Kier molecular flexibility index (Phi) is 7.13. The molecule has 0 atom stereocenters. The van der Waals surface area contributed by atoms with E-state index in [2.05, 4.69) is 26.5 Å². The third-order valence-corrected chi connectivity index (χ3v) is 6.36. The fraction of sp³-hybridized carbons (Fsp3) is 0.471. The molecule has 9 heteroatoms. The molecule has 26 heavy (non-hydrogen) atoms. The molecule has 0 bridgehead atoms. The van der Waals surface area contributed by atoms with E-state index in [1.807, 2.05) is 18.2 Å². The van der Waals surface area contributed by atoms with E-state index in [4.69, 9.17) is 16.3 Å². The van der Waals surface area contributed by atoms with Gasteiger partial charge in [0.05, 0.1) is 6.61 Å². The largest absolute Gasteiger partial charge is 0.384 e. The van der Waals surface area contributed by atoms with Gasteiger partial charge in [-0.1, -0.05) is 40.8 Å². The van der Waals surface area contributed by atoms with E-state index < -0.39 is 0 Å². The lowest BCUT2D eigenvalue weighted by Crippen LogP contribution is -2.38. The first-order valence-corrected chi connectivity index (χ1v) is 10.6. The topological polar surface area (TPSA) is 67.4 Å². The summed E-state index contributed by atoms with van der Waals surface area (Å²) in [5.41, 5.74) is 1.11. The van der Waals surface area contributed by atoms with Crippen LogP contribution in [0.2, 0.25) is 5.02 Å². The molecule has 2 aromatic rings. The van der Waals surface area contributed by atoms with Crippen molar-refractivity contribution in [2.45, 2.75) is 17.2 Å². The van der Waals surface area contributed by atoms with Gasteiger partial charge in [0.15, 0.2) is 4.34 Å². The van der Waals surface area contributed by atoms with Crippen LogP contribution in [0, 0.1) is 5.92 Å². The number of halogens is 1. The Balaban J connectivity index is 1.48. The lowest BCUT2D eigenvalue weighted by Gasteiger charge is -2.32. The van der Waals surface area contributed by atoms with Crippen LogP contribution in [0.25, 0.3) is 0 Å². The van der Waals surface area contributed by atoms with Crippen molar-refractivity contribution in [3.05, 3.63) is 29.3 Å². The van der Waals surface area contributed by atoms with Crippen molar-refractivity contribution in [2.75, 3.05) is 42.8 Å². The Bertz CT molecular complexity index is 735. The summed E-state index contributed by atoms with van der Waals surface area (Å²) in [5, 5.41) is 12.3. The first-order chi connectivity index (χ1) is 12.7. The number of hydrogen-bond donors (Lipinski definition) is 1. The number of methoxy groups -OCH3 is 1. The summed E-state index contributed by atoms with van der Waals surface area (Å²) >= 11 is 9.05. The number of aromatic nitrogens is 2. The molecule has 1 aliphatic heterocycles. The number of rotatable bonds is 7. The van der Waals surface area contributed by atoms with Crippen LogP contribution in [0.15, 0.2) is 28.6 Å². The van der Waals surface area contributed by atoms with E-state index in [1.54, 1.807) is 18.9 Å². The van der Waals surface area contributed by atoms with Gasteiger partial charge < -0.3 is 15.0 Å². The van der Waals surface area contributed by atoms with Crippen molar-refractivity contribution in [1.82, 2.24) is 10.2 Å². The first kappa shape index (κ1) is 19.4. The highest BCUT2D eigenvalue weighted by Gasteiger charge is 2.26. The van der Waals surface area contributed by atoms with Crippen LogP contribution < -0.4 is 10.2 Å². The summed E-state index contributed by atoms with van der Waals surface area (Å²) in [4.78, 5) is 14.8. The summed E-state index contributed by atoms with van der Waals surface area (Å²) in [5.74, 6) is 0.848. The van der Waals surface area contributed by atoms with Crippen LogP contribution in [0.3, 0.4) is 0 Å². The van der Waals surface area contributed by atoms with Crippen LogP contribution in [0.4, 0.5) is 10.8 Å². The van der Waals surface area contributed by atoms with E-state index in [-0.39, 0.29) is 11.8 Å². The number of carbonyl (C=O) groups excluding carboxylic acids is 1. The van der Waals surface area contributed by atoms with Gasteiger partial charge in [-0.15, -0.1) is 10.2 Å². The number of ether oxygens (including phenoxy) is 1. The summed E-state index contributed by atoms with van der Waals surface area (Å²) in [6.07, 6.45) is 1.62. The van der Waals surface area contributed by atoms with Gasteiger partial charge in [0, 0.05) is 42.6 Å². The second kappa shape index (κ2) is 9.55. The maximum Gasteiger partial charge on any atom is 0.229 e. The molecule has 0 aliphatic carbocycles. The van der Waals surface area contributed by atoms with Gasteiger partial charge in [0.25, 0.3) is 0 Å². The van der Waals surface area contributed by atoms with Crippen molar-refractivity contribution in [3.8, 4) is 0 Å². The first-order valence-electron chi connectivity index (χ1n) is 8.42. The molecule has 0 spiro atoms. The number of amides is 1. The Morgan fingerprint density at radius 2 is 2.23 bits per heavy atom. The Hall–Kier alpha value is -1.35. The average Bonchev–Trinajstić information content (AvgIpc) is 3.09. The Morgan fingerprint density at radius 1 is 1.42 bits per heavy atom. The van der Waals surface area contributed by atoms with Gasteiger partial charge in [-0.3, -0.25) is 4.79 Å². The number of carbonyl (C=O) groups is 1. The summed E-state index contributed by atoms with van der Waals surface area (Å²) in [6, 6.07) is 7.84. The standard InChI is InChI=1S/C17H21ClN4O2S2/c1-24-9-10-25-17-21-20-16(26-17)19-15(23)12-5-7-22(8-6-12)14-4-2-3-13(18)11-14/h2-4,11-12H,5-10H2,1H3,(H,19,20,23). The minimum Gasteiger partial charge on any atom is -0.384 e. The predicted molar refractivity (Wildman–Crippen MR) is 108 cm³/mol. The van der Waals surface area contributed by atoms with Crippen molar-refractivity contribution < 1.29 is 9.53 Å². The molecule has 1 N–H and O–H groups in total. The number of anilines is 2. The van der Waals surface area contributed by atoms with Gasteiger partial charge in [0.2, 0.25) is 11.0 Å². The zero-order valence-corrected chi connectivity index (χ0v) is 16.9. The highest BCUT2D eigenvalue weighted by atomic mass is 35.5. The molecule has 0 saturated carbocycles. The van der Waals surface area contributed by atoms with E-state index in [0.717, 1.165) is 46.7 Å². The van der Waals surface area contributed by atoms with Gasteiger partial charge in [-0.25, -0.2) is 0 Å². The minimum atomic E-state index is -0.000992. The molecule has 2 heterocycles. The van der Waals surface area contributed by atoms with E-state index >= 15 is 0 Å². The minimum absolute atomic E-state index is 0.000992. The summed E-state index contributed by atoms with van der Waals surface area (Å²) in [6.45, 7) is 2.34. The Morgan fingerprint density at radius 3 is 2.96 bits per heavy atom. The van der Waals surface area contributed by atoms with Crippen molar-refractivity contribution in [1.29, 1.82) is 0 Å². The van der Waals surface area contributed by atoms with Crippen LogP contribution in [0.5, 0.6) is 0 Å².